The van der Waals surface area contributed by atoms with E-state index in [2.05, 4.69) is 40.5 Å². The van der Waals surface area contributed by atoms with Crippen LogP contribution >= 0.6 is 0 Å². The van der Waals surface area contributed by atoms with Crippen LogP contribution in [0.25, 0.3) is 11.4 Å². The number of hydrogen-bond donors (Lipinski definition) is 3. The molecule has 2 aromatic heterocycles. The van der Waals surface area contributed by atoms with E-state index in [1.165, 1.54) is 6.33 Å². The van der Waals surface area contributed by atoms with Gasteiger partial charge in [0.1, 0.15) is 12.2 Å². The molecule has 25 heavy (non-hydrogen) atoms. The number of amides is 2. The number of alkyl halides is 2. The molecule has 1 atom stereocenters. The van der Waals surface area contributed by atoms with Crippen molar-refractivity contribution >= 4 is 11.7 Å². The molecule has 9 nitrogen and oxygen atoms in total. The first kappa shape index (κ1) is 16.5. The molecule has 0 aliphatic heterocycles. The van der Waals surface area contributed by atoms with Gasteiger partial charge in [-0.05, 0) is 31.2 Å². The molecule has 1 unspecified atom stereocenters. The summed E-state index contributed by atoms with van der Waals surface area (Å²) in [6.07, 6.45) is -1.47. The summed E-state index contributed by atoms with van der Waals surface area (Å²) < 4.78 is 29.3. The molecule has 0 bridgehead atoms. The Morgan fingerprint density at radius 2 is 2.04 bits per heavy atom. The zero-order valence-corrected chi connectivity index (χ0v) is 12.9. The van der Waals surface area contributed by atoms with Gasteiger partial charge in [0.2, 0.25) is 5.82 Å². The van der Waals surface area contributed by atoms with E-state index < -0.39 is 18.3 Å². The summed E-state index contributed by atoms with van der Waals surface area (Å²) in [5.74, 6) is -0.166. The van der Waals surface area contributed by atoms with Crippen LogP contribution in [0.2, 0.25) is 0 Å². The van der Waals surface area contributed by atoms with Crippen LogP contribution in [-0.4, -0.2) is 31.4 Å². The van der Waals surface area contributed by atoms with Gasteiger partial charge in [-0.15, -0.1) is 0 Å². The molecule has 0 radical (unpaired) electrons. The van der Waals surface area contributed by atoms with Crippen molar-refractivity contribution in [3.05, 3.63) is 42.3 Å². The summed E-state index contributed by atoms with van der Waals surface area (Å²) in [6.45, 7) is 1.75. The maximum absolute atomic E-state index is 12.4. The lowest BCUT2D eigenvalue weighted by atomic mass is 10.2. The lowest BCUT2D eigenvalue weighted by Crippen LogP contribution is -2.31. The molecule has 0 saturated carbocycles. The Morgan fingerprint density at radius 1 is 1.28 bits per heavy atom. The first-order valence-electron chi connectivity index (χ1n) is 7.18. The highest BCUT2D eigenvalue weighted by Gasteiger charge is 2.17. The van der Waals surface area contributed by atoms with Gasteiger partial charge in [-0.2, -0.15) is 18.9 Å². The quantitative estimate of drug-likeness (QED) is 0.651. The van der Waals surface area contributed by atoms with Crippen LogP contribution in [0.15, 0.2) is 35.1 Å². The summed E-state index contributed by atoms with van der Waals surface area (Å²) in [5.41, 5.74) is 0.986. The van der Waals surface area contributed by atoms with Gasteiger partial charge in [0, 0.05) is 11.3 Å². The largest absolute Gasteiger partial charge is 0.333 e. The lowest BCUT2D eigenvalue weighted by Gasteiger charge is -2.12. The van der Waals surface area contributed by atoms with E-state index in [-0.39, 0.29) is 11.9 Å². The fourth-order valence-corrected chi connectivity index (χ4v) is 2.00. The molecule has 3 aromatic rings. The van der Waals surface area contributed by atoms with Gasteiger partial charge >= 0.3 is 12.5 Å². The van der Waals surface area contributed by atoms with Gasteiger partial charge in [-0.25, -0.2) is 9.78 Å². The number of halogens is 2. The van der Waals surface area contributed by atoms with Crippen molar-refractivity contribution in [2.24, 2.45) is 0 Å². The normalized spacial score (nSPS) is 12.2. The minimum Gasteiger partial charge on any atom is -0.333 e. The summed E-state index contributed by atoms with van der Waals surface area (Å²) in [7, 11) is 0. The number of urea groups is 1. The Kier molecular flexibility index (Phi) is 4.64. The number of benzene rings is 1. The van der Waals surface area contributed by atoms with Gasteiger partial charge in [0.15, 0.2) is 0 Å². The first-order chi connectivity index (χ1) is 12.0. The van der Waals surface area contributed by atoms with Gasteiger partial charge < -0.3 is 15.2 Å². The zero-order valence-electron chi connectivity index (χ0n) is 12.9. The van der Waals surface area contributed by atoms with Crippen molar-refractivity contribution in [3.8, 4) is 11.4 Å². The highest BCUT2D eigenvalue weighted by atomic mass is 19.3. The number of carbonyl (C=O) groups is 1. The number of nitrogens with zero attached hydrogens (tertiary/aromatic N) is 4. The van der Waals surface area contributed by atoms with Crippen molar-refractivity contribution in [1.82, 2.24) is 30.6 Å². The lowest BCUT2D eigenvalue weighted by molar-refractivity contribution is 0.106. The topological polar surface area (TPSA) is 122 Å². The van der Waals surface area contributed by atoms with Crippen molar-refractivity contribution in [2.45, 2.75) is 19.4 Å². The summed E-state index contributed by atoms with van der Waals surface area (Å²) in [5, 5.41) is 15.2. The molecule has 3 rings (SSSR count). The van der Waals surface area contributed by atoms with E-state index in [4.69, 9.17) is 0 Å². The SMILES string of the molecule is CC(NC(=O)Nc1ccc(-c2noc(C(F)F)n2)cc1)c1ncn[nH]1. The molecular formula is C14H13F2N7O2. The van der Waals surface area contributed by atoms with E-state index in [1.54, 1.807) is 31.2 Å². The number of carbonyl (C=O) groups excluding carboxylic acids is 1. The molecular weight excluding hydrogens is 336 g/mol. The number of anilines is 1. The molecule has 0 spiro atoms. The smallest absolute Gasteiger partial charge is 0.319 e. The summed E-state index contributed by atoms with van der Waals surface area (Å²) in [4.78, 5) is 19.5. The number of aromatic nitrogens is 5. The highest BCUT2D eigenvalue weighted by Crippen LogP contribution is 2.22. The van der Waals surface area contributed by atoms with Crippen molar-refractivity contribution < 1.29 is 18.1 Å². The van der Waals surface area contributed by atoms with E-state index in [0.29, 0.717) is 17.1 Å². The number of nitrogens with one attached hydrogen (secondary N) is 3. The van der Waals surface area contributed by atoms with Crippen LogP contribution < -0.4 is 10.6 Å². The molecule has 130 valence electrons. The third-order valence-corrected chi connectivity index (χ3v) is 3.22. The molecule has 3 N–H and O–H groups in total. The molecule has 2 heterocycles. The van der Waals surface area contributed by atoms with Crippen molar-refractivity contribution in [3.63, 3.8) is 0 Å². The summed E-state index contributed by atoms with van der Waals surface area (Å²) >= 11 is 0. The Balaban J connectivity index is 1.61. The van der Waals surface area contributed by atoms with E-state index in [0.717, 1.165) is 0 Å². The molecule has 1 aromatic carbocycles. The maximum Gasteiger partial charge on any atom is 0.319 e. The highest BCUT2D eigenvalue weighted by molar-refractivity contribution is 5.89. The Labute approximate surface area is 139 Å². The fraction of sp³-hybridized carbons (Fsp3) is 0.214. The zero-order chi connectivity index (χ0) is 17.8. The van der Waals surface area contributed by atoms with Gasteiger partial charge in [-0.1, -0.05) is 5.16 Å². The number of hydrogen-bond acceptors (Lipinski definition) is 6. The predicted molar refractivity (Wildman–Crippen MR) is 81.6 cm³/mol. The first-order valence-corrected chi connectivity index (χ1v) is 7.18. The maximum atomic E-state index is 12.4. The third kappa shape index (κ3) is 3.94. The second-order valence-electron chi connectivity index (χ2n) is 5.03. The molecule has 0 fully saturated rings. The molecule has 0 saturated heterocycles. The Bertz CT molecular complexity index is 833. The number of H-pyrrole nitrogens is 1. The minimum absolute atomic E-state index is 0.0465. The fourth-order valence-electron chi connectivity index (χ4n) is 2.00. The average molecular weight is 349 g/mol. The molecule has 2 amide bonds. The second kappa shape index (κ2) is 7.03. The monoisotopic (exact) mass is 349 g/mol. The van der Waals surface area contributed by atoms with Crippen LogP contribution in [0.5, 0.6) is 0 Å². The number of aromatic amines is 1. The molecule has 0 aliphatic rings. The van der Waals surface area contributed by atoms with Crippen molar-refractivity contribution in [1.29, 1.82) is 0 Å². The van der Waals surface area contributed by atoms with Crippen LogP contribution in [0.1, 0.15) is 31.1 Å². The second-order valence-corrected chi connectivity index (χ2v) is 5.03. The minimum atomic E-state index is -2.82. The predicted octanol–water partition coefficient (Wildman–Crippen LogP) is 2.67. The Morgan fingerprint density at radius 3 is 2.64 bits per heavy atom. The van der Waals surface area contributed by atoms with Gasteiger partial charge in [0.25, 0.3) is 5.89 Å². The van der Waals surface area contributed by atoms with Crippen molar-refractivity contribution in [2.75, 3.05) is 5.32 Å². The molecule has 11 heteroatoms. The Hall–Kier alpha value is -3.37. The van der Waals surface area contributed by atoms with E-state index in [9.17, 15) is 13.6 Å². The van der Waals surface area contributed by atoms with Crippen LogP contribution in [0.4, 0.5) is 19.3 Å². The van der Waals surface area contributed by atoms with Gasteiger partial charge in [0.05, 0.1) is 6.04 Å². The van der Waals surface area contributed by atoms with Crippen LogP contribution in [0.3, 0.4) is 0 Å². The van der Waals surface area contributed by atoms with E-state index in [1.807, 2.05) is 0 Å². The number of rotatable bonds is 5. The van der Waals surface area contributed by atoms with E-state index >= 15 is 0 Å². The standard InChI is InChI=1S/C14H13F2N7O2/c1-7(11-17-6-18-22-11)19-14(24)20-9-4-2-8(3-5-9)12-21-13(10(15)16)25-23-12/h2-7,10H,1H3,(H,17,18,22)(H2,19,20,24). The summed E-state index contributed by atoms with van der Waals surface area (Å²) in [6, 6.07) is 5.55. The molecule has 0 aliphatic carbocycles. The van der Waals surface area contributed by atoms with Crippen LogP contribution in [-0.2, 0) is 0 Å². The van der Waals surface area contributed by atoms with Crippen LogP contribution in [0, 0.1) is 0 Å². The average Bonchev–Trinajstić information content (AvgIpc) is 3.27. The third-order valence-electron chi connectivity index (χ3n) is 3.22. The van der Waals surface area contributed by atoms with Gasteiger partial charge in [-0.3, -0.25) is 5.10 Å².